The summed E-state index contributed by atoms with van der Waals surface area (Å²) in [5.41, 5.74) is 11.7. The maximum Gasteiger partial charge on any atom is 0.118 e. The van der Waals surface area contributed by atoms with Crippen molar-refractivity contribution in [2.45, 2.75) is 0 Å². The zero-order valence-corrected chi connectivity index (χ0v) is 21.1. The van der Waals surface area contributed by atoms with Crippen molar-refractivity contribution in [3.8, 4) is 38.4 Å². The van der Waals surface area contributed by atoms with E-state index in [0.29, 0.717) is 0 Å². The van der Waals surface area contributed by atoms with Gasteiger partial charge >= 0.3 is 0 Å². The Labute approximate surface area is 217 Å². The molecule has 0 spiro atoms. The van der Waals surface area contributed by atoms with E-state index in [0.717, 1.165) is 33.5 Å². The van der Waals surface area contributed by atoms with Crippen molar-refractivity contribution in [3.63, 3.8) is 0 Å². The summed E-state index contributed by atoms with van der Waals surface area (Å²) >= 11 is 3.05. The normalized spacial score (nSPS) is 12.0. The van der Waals surface area contributed by atoms with Gasteiger partial charge in [-0.15, -0.1) is 11.3 Å². The van der Waals surface area contributed by atoms with Crippen molar-refractivity contribution in [1.82, 2.24) is 8.75 Å². The van der Waals surface area contributed by atoms with Gasteiger partial charge in [0.2, 0.25) is 0 Å². The fraction of sp³-hybridized carbons (Fsp3) is 0.0323. The molecule has 2 heterocycles. The van der Waals surface area contributed by atoms with Gasteiger partial charge in [0.1, 0.15) is 16.8 Å². The van der Waals surface area contributed by atoms with Crippen LogP contribution in [0.25, 0.3) is 55.4 Å². The van der Waals surface area contributed by atoms with Gasteiger partial charge in [0.15, 0.2) is 0 Å². The molecule has 0 aliphatic heterocycles. The Balaban J connectivity index is 1.29. The lowest BCUT2D eigenvalue weighted by Crippen LogP contribution is -1.85. The molecule has 0 unspecified atom stereocenters. The number of hydrogen-bond donors (Lipinski definition) is 0. The first-order valence-electron chi connectivity index (χ1n) is 11.7. The van der Waals surface area contributed by atoms with E-state index in [1.807, 2.05) is 12.1 Å². The minimum atomic E-state index is 0.843. The summed E-state index contributed by atoms with van der Waals surface area (Å²) in [4.78, 5) is 2.42. The number of hydrogen-bond acceptors (Lipinski definition) is 5. The maximum absolute atomic E-state index is 5.31. The summed E-state index contributed by atoms with van der Waals surface area (Å²) in [6.45, 7) is 0. The van der Waals surface area contributed by atoms with Gasteiger partial charge in [0.05, 0.1) is 18.8 Å². The summed E-state index contributed by atoms with van der Waals surface area (Å²) in [7, 11) is 1.68. The standard InChI is InChI=1S/C31H20N2OS2/c1-34-20-12-10-19(11-13-20)22-15-16-27(31-30(22)32-36-33-31)29-17-14-21(35-29)18-28-25-8-4-2-6-23(25)24-7-3-5-9-26(24)28/h2-18H,1H3. The molecule has 0 saturated heterocycles. The summed E-state index contributed by atoms with van der Waals surface area (Å²) in [6.07, 6.45) is 2.32. The van der Waals surface area contributed by atoms with Gasteiger partial charge < -0.3 is 4.74 Å². The first-order valence-corrected chi connectivity index (χ1v) is 13.3. The van der Waals surface area contributed by atoms with Gasteiger partial charge in [0, 0.05) is 20.9 Å². The van der Waals surface area contributed by atoms with Crippen LogP contribution in [-0.4, -0.2) is 15.9 Å². The zero-order valence-electron chi connectivity index (χ0n) is 19.4. The van der Waals surface area contributed by atoms with Crippen molar-refractivity contribution < 1.29 is 4.74 Å². The SMILES string of the molecule is COc1ccc(-c2ccc(-c3ccc(C=C4c5ccccc5-c5ccccc54)s3)c3nsnc23)cc1. The second-order valence-corrected chi connectivity index (χ2v) is 10.3. The van der Waals surface area contributed by atoms with Gasteiger partial charge in [-0.2, -0.15) is 8.75 Å². The van der Waals surface area contributed by atoms with Crippen LogP contribution in [0.3, 0.4) is 0 Å². The summed E-state index contributed by atoms with van der Waals surface area (Å²) in [5, 5.41) is 0. The molecule has 2 aromatic heterocycles. The van der Waals surface area contributed by atoms with Gasteiger partial charge in [-0.1, -0.05) is 72.8 Å². The van der Waals surface area contributed by atoms with Gasteiger partial charge in [-0.25, -0.2) is 0 Å². The summed E-state index contributed by atoms with van der Waals surface area (Å²) in [5.74, 6) is 0.843. The third-order valence-corrected chi connectivity index (χ3v) is 8.31. The van der Waals surface area contributed by atoms with Crippen LogP contribution >= 0.6 is 23.1 Å². The molecule has 1 aliphatic carbocycles. The second kappa shape index (κ2) is 8.55. The molecule has 0 radical (unpaired) electrons. The third kappa shape index (κ3) is 3.40. The Morgan fingerprint density at radius 2 is 1.22 bits per heavy atom. The van der Waals surface area contributed by atoms with Crippen molar-refractivity contribution in [1.29, 1.82) is 0 Å². The predicted octanol–water partition coefficient (Wildman–Crippen LogP) is 8.66. The van der Waals surface area contributed by atoms with E-state index in [4.69, 9.17) is 4.74 Å². The quantitative estimate of drug-likeness (QED) is 0.242. The van der Waals surface area contributed by atoms with Crippen LogP contribution in [0.5, 0.6) is 5.75 Å². The Morgan fingerprint density at radius 3 is 1.89 bits per heavy atom. The second-order valence-electron chi connectivity index (χ2n) is 8.70. The number of thiophene rings is 1. The summed E-state index contributed by atoms with van der Waals surface area (Å²) < 4.78 is 14.7. The highest BCUT2D eigenvalue weighted by molar-refractivity contribution is 7.16. The number of benzene rings is 4. The molecule has 5 heteroatoms. The molecule has 0 amide bonds. The van der Waals surface area contributed by atoms with Gasteiger partial charge in [-0.3, -0.25) is 0 Å². The molecular weight excluding hydrogens is 480 g/mol. The largest absolute Gasteiger partial charge is 0.497 e. The number of nitrogens with zero attached hydrogens (tertiary/aromatic N) is 2. The van der Waals surface area contributed by atoms with E-state index < -0.39 is 0 Å². The number of fused-ring (bicyclic) bond motifs is 4. The highest BCUT2D eigenvalue weighted by atomic mass is 32.1. The molecule has 0 saturated carbocycles. The molecule has 4 aromatic carbocycles. The minimum absolute atomic E-state index is 0.843. The van der Waals surface area contributed by atoms with E-state index in [9.17, 15) is 0 Å². The van der Waals surface area contributed by atoms with Crippen molar-refractivity contribution in [2.24, 2.45) is 0 Å². The maximum atomic E-state index is 5.31. The smallest absolute Gasteiger partial charge is 0.118 e. The van der Waals surface area contributed by atoms with E-state index in [1.54, 1.807) is 18.4 Å². The Kier molecular flexibility index (Phi) is 5.05. The fourth-order valence-electron chi connectivity index (χ4n) is 4.99. The molecule has 0 bridgehead atoms. The lowest BCUT2D eigenvalue weighted by Gasteiger charge is -2.06. The molecule has 6 aromatic rings. The van der Waals surface area contributed by atoms with Crippen molar-refractivity contribution >= 4 is 45.7 Å². The highest BCUT2D eigenvalue weighted by Crippen LogP contribution is 2.46. The van der Waals surface area contributed by atoms with Crippen LogP contribution in [0.4, 0.5) is 0 Å². The third-order valence-electron chi connectivity index (χ3n) is 6.72. The number of methoxy groups -OCH3 is 1. The lowest BCUT2D eigenvalue weighted by molar-refractivity contribution is 0.415. The van der Waals surface area contributed by atoms with E-state index in [-0.39, 0.29) is 0 Å². The lowest BCUT2D eigenvalue weighted by atomic mass is 10.0. The van der Waals surface area contributed by atoms with Crippen LogP contribution in [0, 0.1) is 0 Å². The van der Waals surface area contributed by atoms with Crippen LogP contribution in [0.2, 0.25) is 0 Å². The fourth-order valence-corrected chi connectivity index (χ4v) is 6.54. The van der Waals surface area contributed by atoms with Crippen LogP contribution < -0.4 is 4.74 Å². The number of ether oxygens (including phenoxy) is 1. The minimum Gasteiger partial charge on any atom is -0.497 e. The number of aromatic nitrogens is 2. The molecule has 0 N–H and O–H groups in total. The Hall–Kier alpha value is -4.06. The first kappa shape index (κ1) is 21.2. The average molecular weight is 501 g/mol. The van der Waals surface area contributed by atoms with Crippen LogP contribution in [-0.2, 0) is 0 Å². The van der Waals surface area contributed by atoms with E-state index in [1.165, 1.54) is 49.3 Å². The van der Waals surface area contributed by atoms with Crippen LogP contribution in [0.15, 0.2) is 97.1 Å². The molecule has 7 rings (SSSR count). The first-order chi connectivity index (χ1) is 17.8. The average Bonchev–Trinajstić information content (AvgIpc) is 3.68. The predicted molar refractivity (Wildman–Crippen MR) is 152 cm³/mol. The Bertz CT molecular complexity index is 1730. The topological polar surface area (TPSA) is 35.0 Å². The van der Waals surface area contributed by atoms with E-state index in [2.05, 4.69) is 99.8 Å². The molecule has 3 nitrogen and oxygen atoms in total. The molecule has 172 valence electrons. The molecule has 1 aliphatic rings. The van der Waals surface area contributed by atoms with E-state index >= 15 is 0 Å². The molecule has 36 heavy (non-hydrogen) atoms. The highest BCUT2D eigenvalue weighted by Gasteiger charge is 2.22. The Morgan fingerprint density at radius 1 is 0.611 bits per heavy atom. The van der Waals surface area contributed by atoms with Crippen molar-refractivity contribution in [2.75, 3.05) is 7.11 Å². The van der Waals surface area contributed by atoms with Crippen LogP contribution in [0.1, 0.15) is 16.0 Å². The molecule has 0 fully saturated rings. The number of rotatable bonds is 4. The van der Waals surface area contributed by atoms with Crippen molar-refractivity contribution in [3.05, 3.63) is 113 Å². The van der Waals surface area contributed by atoms with Gasteiger partial charge in [0.25, 0.3) is 0 Å². The molecule has 0 atom stereocenters. The molecular formula is C31H20N2OS2. The monoisotopic (exact) mass is 500 g/mol. The summed E-state index contributed by atoms with van der Waals surface area (Å²) in [6, 6.07) is 34.2. The zero-order chi connectivity index (χ0) is 24.1. The van der Waals surface area contributed by atoms with Gasteiger partial charge in [-0.05, 0) is 63.7 Å².